The molecular formula is C19H27FN2O3. The first kappa shape index (κ1) is 18.1. The van der Waals surface area contributed by atoms with Gasteiger partial charge in [0.2, 0.25) is 0 Å². The minimum atomic E-state index is -0.521. The van der Waals surface area contributed by atoms with Gasteiger partial charge in [0.25, 0.3) is 5.91 Å². The molecule has 25 heavy (non-hydrogen) atoms. The van der Waals surface area contributed by atoms with E-state index in [1.165, 1.54) is 25.0 Å². The molecule has 2 fully saturated rings. The highest BCUT2D eigenvalue weighted by atomic mass is 19.1. The molecule has 1 amide bonds. The number of carbonyl (C=O) groups is 1. The van der Waals surface area contributed by atoms with Gasteiger partial charge in [0.15, 0.2) is 0 Å². The van der Waals surface area contributed by atoms with Gasteiger partial charge in [0, 0.05) is 19.2 Å². The SMILES string of the molecule is O=C(c1ccc(OCCCC2CCNCC2)cc1F)N1CCOCC1. The predicted octanol–water partition coefficient (Wildman–Crippen LogP) is 2.46. The molecule has 138 valence electrons. The first-order chi connectivity index (χ1) is 12.2. The molecule has 0 aromatic heterocycles. The molecule has 2 saturated heterocycles. The van der Waals surface area contributed by atoms with Gasteiger partial charge in [0.05, 0.1) is 25.4 Å². The first-order valence-corrected chi connectivity index (χ1v) is 9.24. The fourth-order valence-corrected chi connectivity index (χ4v) is 3.43. The van der Waals surface area contributed by atoms with Crippen LogP contribution in [0.2, 0.25) is 0 Å². The lowest BCUT2D eigenvalue weighted by Gasteiger charge is -2.27. The van der Waals surface area contributed by atoms with E-state index in [1.807, 2.05) is 0 Å². The van der Waals surface area contributed by atoms with Crippen molar-refractivity contribution in [3.8, 4) is 5.75 Å². The molecule has 2 heterocycles. The number of carbonyl (C=O) groups excluding carboxylic acids is 1. The summed E-state index contributed by atoms with van der Waals surface area (Å²) in [7, 11) is 0. The van der Waals surface area contributed by atoms with Crippen molar-refractivity contribution in [3.05, 3.63) is 29.6 Å². The Balaban J connectivity index is 1.46. The van der Waals surface area contributed by atoms with Crippen LogP contribution in [0.15, 0.2) is 18.2 Å². The van der Waals surface area contributed by atoms with E-state index in [-0.39, 0.29) is 11.5 Å². The average molecular weight is 350 g/mol. The van der Waals surface area contributed by atoms with E-state index in [0.29, 0.717) is 38.7 Å². The summed E-state index contributed by atoms with van der Waals surface area (Å²) in [6.45, 7) is 4.82. The van der Waals surface area contributed by atoms with Crippen molar-refractivity contribution in [2.45, 2.75) is 25.7 Å². The van der Waals surface area contributed by atoms with Crippen LogP contribution in [-0.4, -0.2) is 56.8 Å². The van der Waals surface area contributed by atoms with Gasteiger partial charge in [-0.15, -0.1) is 0 Å². The molecule has 0 unspecified atom stereocenters. The maximum Gasteiger partial charge on any atom is 0.256 e. The molecule has 0 spiro atoms. The van der Waals surface area contributed by atoms with Gasteiger partial charge >= 0.3 is 0 Å². The average Bonchev–Trinajstić information content (AvgIpc) is 2.66. The molecule has 3 rings (SSSR count). The van der Waals surface area contributed by atoms with Crippen molar-refractivity contribution in [2.75, 3.05) is 46.0 Å². The number of nitrogens with one attached hydrogen (secondary N) is 1. The summed E-state index contributed by atoms with van der Waals surface area (Å²) >= 11 is 0. The lowest BCUT2D eigenvalue weighted by molar-refractivity contribution is 0.0300. The Morgan fingerprint density at radius 3 is 2.76 bits per heavy atom. The zero-order valence-corrected chi connectivity index (χ0v) is 14.6. The number of hydrogen-bond donors (Lipinski definition) is 1. The van der Waals surface area contributed by atoms with Gasteiger partial charge in [-0.05, 0) is 56.8 Å². The van der Waals surface area contributed by atoms with Crippen LogP contribution in [0.5, 0.6) is 5.75 Å². The van der Waals surface area contributed by atoms with Crippen molar-refractivity contribution in [1.82, 2.24) is 10.2 Å². The number of piperidine rings is 1. The Kier molecular flexibility index (Phi) is 6.64. The Morgan fingerprint density at radius 2 is 2.04 bits per heavy atom. The maximum atomic E-state index is 14.3. The summed E-state index contributed by atoms with van der Waals surface area (Å²) in [5.74, 6) is 0.460. The minimum absolute atomic E-state index is 0.101. The van der Waals surface area contributed by atoms with E-state index in [2.05, 4.69) is 5.32 Å². The van der Waals surface area contributed by atoms with Gasteiger partial charge in [-0.2, -0.15) is 0 Å². The van der Waals surface area contributed by atoms with Crippen LogP contribution in [0.3, 0.4) is 0 Å². The van der Waals surface area contributed by atoms with Gasteiger partial charge in [-0.25, -0.2) is 4.39 Å². The summed E-state index contributed by atoms with van der Waals surface area (Å²) in [6, 6.07) is 4.52. The molecule has 0 atom stereocenters. The number of halogens is 1. The fraction of sp³-hybridized carbons (Fsp3) is 0.632. The van der Waals surface area contributed by atoms with Gasteiger partial charge < -0.3 is 19.7 Å². The monoisotopic (exact) mass is 350 g/mol. The summed E-state index contributed by atoms with van der Waals surface area (Å²) < 4.78 is 25.2. The van der Waals surface area contributed by atoms with Gasteiger partial charge in [-0.1, -0.05) is 0 Å². The lowest BCUT2D eigenvalue weighted by Crippen LogP contribution is -2.41. The topological polar surface area (TPSA) is 50.8 Å². The number of rotatable bonds is 6. The number of hydrogen-bond acceptors (Lipinski definition) is 4. The Hall–Kier alpha value is -1.66. The zero-order chi connectivity index (χ0) is 17.5. The van der Waals surface area contributed by atoms with Crippen molar-refractivity contribution in [1.29, 1.82) is 0 Å². The van der Waals surface area contributed by atoms with Gasteiger partial charge in [-0.3, -0.25) is 4.79 Å². The molecule has 6 heteroatoms. The Morgan fingerprint density at radius 1 is 1.28 bits per heavy atom. The Bertz CT molecular complexity index is 570. The largest absolute Gasteiger partial charge is 0.493 e. The molecular weight excluding hydrogens is 323 g/mol. The van der Waals surface area contributed by atoms with E-state index in [9.17, 15) is 9.18 Å². The van der Waals surface area contributed by atoms with Crippen molar-refractivity contribution in [3.63, 3.8) is 0 Å². The third-order valence-corrected chi connectivity index (χ3v) is 4.95. The standard InChI is InChI=1S/C19H27FN2O3/c20-18-14-16(25-11-1-2-15-5-7-21-8-6-15)3-4-17(18)19(23)22-9-12-24-13-10-22/h3-4,14-15,21H,1-2,5-13H2. The highest BCUT2D eigenvalue weighted by molar-refractivity contribution is 5.94. The van der Waals surface area contributed by atoms with Crippen LogP contribution in [0.1, 0.15) is 36.0 Å². The van der Waals surface area contributed by atoms with Crippen LogP contribution < -0.4 is 10.1 Å². The quantitative estimate of drug-likeness (QED) is 0.801. The number of benzene rings is 1. The zero-order valence-electron chi connectivity index (χ0n) is 14.6. The second kappa shape index (κ2) is 9.15. The van der Waals surface area contributed by atoms with Crippen LogP contribution >= 0.6 is 0 Å². The highest BCUT2D eigenvalue weighted by Crippen LogP contribution is 2.21. The summed E-state index contributed by atoms with van der Waals surface area (Å²) in [6.07, 6.45) is 4.58. The molecule has 2 aliphatic rings. The van der Waals surface area contributed by atoms with Crippen LogP contribution in [0.25, 0.3) is 0 Å². The molecule has 2 aliphatic heterocycles. The molecule has 5 nitrogen and oxygen atoms in total. The van der Waals surface area contributed by atoms with Crippen molar-refractivity contribution < 1.29 is 18.7 Å². The van der Waals surface area contributed by atoms with Crippen LogP contribution in [0, 0.1) is 11.7 Å². The van der Waals surface area contributed by atoms with E-state index in [0.717, 1.165) is 31.8 Å². The second-order valence-corrected chi connectivity index (χ2v) is 6.73. The molecule has 0 bridgehead atoms. The number of ether oxygens (including phenoxy) is 2. The van der Waals surface area contributed by atoms with E-state index < -0.39 is 5.82 Å². The second-order valence-electron chi connectivity index (χ2n) is 6.73. The lowest BCUT2D eigenvalue weighted by atomic mass is 9.93. The molecule has 0 radical (unpaired) electrons. The predicted molar refractivity (Wildman–Crippen MR) is 93.4 cm³/mol. The maximum absolute atomic E-state index is 14.3. The smallest absolute Gasteiger partial charge is 0.256 e. The summed E-state index contributed by atoms with van der Waals surface area (Å²) in [5.41, 5.74) is 0.101. The Labute approximate surface area is 148 Å². The normalized spacial score (nSPS) is 19.0. The summed E-state index contributed by atoms with van der Waals surface area (Å²) in [4.78, 5) is 14.0. The molecule has 0 aliphatic carbocycles. The fourth-order valence-electron chi connectivity index (χ4n) is 3.43. The molecule has 0 saturated carbocycles. The summed E-state index contributed by atoms with van der Waals surface area (Å²) in [5, 5.41) is 3.36. The van der Waals surface area contributed by atoms with E-state index >= 15 is 0 Å². The first-order valence-electron chi connectivity index (χ1n) is 9.24. The van der Waals surface area contributed by atoms with Crippen LogP contribution in [-0.2, 0) is 4.74 Å². The van der Waals surface area contributed by atoms with E-state index in [1.54, 1.807) is 11.0 Å². The minimum Gasteiger partial charge on any atom is -0.493 e. The van der Waals surface area contributed by atoms with Crippen molar-refractivity contribution in [2.24, 2.45) is 5.92 Å². The van der Waals surface area contributed by atoms with E-state index in [4.69, 9.17) is 9.47 Å². The van der Waals surface area contributed by atoms with Gasteiger partial charge in [0.1, 0.15) is 11.6 Å². The number of nitrogens with zero attached hydrogens (tertiary/aromatic N) is 1. The molecule has 1 aromatic carbocycles. The number of morpholine rings is 1. The third-order valence-electron chi connectivity index (χ3n) is 4.95. The molecule has 1 N–H and O–H groups in total. The molecule has 1 aromatic rings. The third kappa shape index (κ3) is 5.16. The highest BCUT2D eigenvalue weighted by Gasteiger charge is 2.21. The van der Waals surface area contributed by atoms with Crippen LogP contribution in [0.4, 0.5) is 4.39 Å². The van der Waals surface area contributed by atoms with Crippen molar-refractivity contribution >= 4 is 5.91 Å². The number of amides is 1.